The Morgan fingerprint density at radius 1 is 1.22 bits per heavy atom. The topological polar surface area (TPSA) is 32.8 Å². The van der Waals surface area contributed by atoms with Crippen LogP contribution in [-0.4, -0.2) is 55.1 Å². The molecule has 23 heavy (non-hydrogen) atoms. The van der Waals surface area contributed by atoms with Crippen LogP contribution in [0.5, 0.6) is 0 Å². The number of nitrogens with zero attached hydrogens (tertiary/aromatic N) is 2. The van der Waals surface area contributed by atoms with Crippen LogP contribution in [-0.2, 0) is 11.3 Å². The molecule has 2 aliphatic rings. The minimum atomic E-state index is 0.182. The number of piperidine rings is 1. The summed E-state index contributed by atoms with van der Waals surface area (Å²) in [4.78, 5) is 17.2. The monoisotopic (exact) mass is 316 g/mol. The Bertz CT molecular complexity index is 550. The van der Waals surface area contributed by atoms with Crippen molar-refractivity contribution in [3.63, 3.8) is 0 Å². The fourth-order valence-electron chi connectivity index (χ4n) is 3.60. The van der Waals surface area contributed by atoms with Gasteiger partial charge in [0.1, 0.15) is 0 Å². The smallest absolute Gasteiger partial charge is 0.253 e. The molecule has 0 aliphatic carbocycles. The van der Waals surface area contributed by atoms with E-state index in [4.69, 9.17) is 4.74 Å². The first-order chi connectivity index (χ1) is 11.0. The highest BCUT2D eigenvalue weighted by Crippen LogP contribution is 2.29. The molecule has 0 bridgehead atoms. The number of rotatable bonds is 3. The summed E-state index contributed by atoms with van der Waals surface area (Å²) in [6.07, 6.45) is 2.31. The van der Waals surface area contributed by atoms with Gasteiger partial charge in [0.05, 0.1) is 13.2 Å². The number of ether oxygens (including phenoxy) is 1. The normalized spacial score (nSPS) is 22.1. The largest absolute Gasteiger partial charge is 0.379 e. The highest BCUT2D eigenvalue weighted by molar-refractivity contribution is 5.94. The van der Waals surface area contributed by atoms with Crippen LogP contribution >= 0.6 is 0 Å². The van der Waals surface area contributed by atoms with Gasteiger partial charge in [0.25, 0.3) is 5.91 Å². The van der Waals surface area contributed by atoms with E-state index in [9.17, 15) is 4.79 Å². The maximum atomic E-state index is 12.8. The second-order valence-electron chi connectivity index (χ2n) is 7.58. The third-order valence-corrected chi connectivity index (χ3v) is 4.87. The van der Waals surface area contributed by atoms with Gasteiger partial charge in [0, 0.05) is 38.3 Å². The zero-order valence-electron chi connectivity index (χ0n) is 14.4. The first kappa shape index (κ1) is 16.5. The van der Waals surface area contributed by atoms with Gasteiger partial charge in [-0.25, -0.2) is 0 Å². The number of carbonyl (C=O) groups excluding carboxylic acids is 1. The number of amides is 1. The van der Waals surface area contributed by atoms with Crippen molar-refractivity contribution in [2.75, 3.05) is 39.4 Å². The van der Waals surface area contributed by atoms with Crippen molar-refractivity contribution in [2.24, 2.45) is 5.41 Å². The van der Waals surface area contributed by atoms with Crippen molar-refractivity contribution in [2.45, 2.75) is 33.2 Å². The van der Waals surface area contributed by atoms with Crippen LogP contribution in [0, 0.1) is 5.41 Å². The average Bonchev–Trinajstić information content (AvgIpc) is 2.54. The molecule has 0 spiro atoms. The first-order valence-corrected chi connectivity index (χ1v) is 8.72. The van der Waals surface area contributed by atoms with Gasteiger partial charge >= 0.3 is 0 Å². The van der Waals surface area contributed by atoms with Crippen LogP contribution in [0.25, 0.3) is 0 Å². The van der Waals surface area contributed by atoms with Gasteiger partial charge in [-0.2, -0.15) is 0 Å². The molecule has 0 radical (unpaired) electrons. The second kappa shape index (κ2) is 7.02. The highest BCUT2D eigenvalue weighted by Gasteiger charge is 2.29. The van der Waals surface area contributed by atoms with E-state index in [2.05, 4.69) is 30.9 Å². The molecule has 0 aromatic heterocycles. The van der Waals surface area contributed by atoms with E-state index >= 15 is 0 Å². The summed E-state index contributed by atoms with van der Waals surface area (Å²) in [5, 5.41) is 0. The summed E-state index contributed by atoms with van der Waals surface area (Å²) in [6.45, 7) is 10.7. The van der Waals surface area contributed by atoms with Gasteiger partial charge in [-0.1, -0.05) is 26.0 Å². The highest BCUT2D eigenvalue weighted by atomic mass is 16.5. The Labute approximate surface area is 139 Å². The zero-order valence-corrected chi connectivity index (χ0v) is 14.4. The molecule has 4 heteroatoms. The third kappa shape index (κ3) is 4.33. The lowest BCUT2D eigenvalue weighted by molar-refractivity contribution is 0.0341. The van der Waals surface area contributed by atoms with Crippen LogP contribution in [0.2, 0.25) is 0 Å². The third-order valence-electron chi connectivity index (χ3n) is 4.87. The molecule has 1 aromatic rings. The predicted molar refractivity (Wildman–Crippen MR) is 91.5 cm³/mol. The SMILES string of the molecule is CC1(C)CCCN(C(=O)c2cccc(CN3CCOCC3)c2)C1. The van der Waals surface area contributed by atoms with E-state index in [-0.39, 0.29) is 11.3 Å². The van der Waals surface area contributed by atoms with Crippen molar-refractivity contribution in [1.29, 1.82) is 0 Å². The lowest BCUT2D eigenvalue weighted by Crippen LogP contribution is -2.43. The summed E-state index contributed by atoms with van der Waals surface area (Å²) in [5.74, 6) is 0.182. The molecular formula is C19H28N2O2. The Balaban J connectivity index is 1.67. The molecule has 2 fully saturated rings. The number of carbonyl (C=O) groups is 1. The van der Waals surface area contributed by atoms with Gasteiger partial charge in [0.15, 0.2) is 0 Å². The van der Waals surface area contributed by atoms with Crippen molar-refractivity contribution in [1.82, 2.24) is 9.80 Å². The first-order valence-electron chi connectivity index (χ1n) is 8.72. The molecule has 2 saturated heterocycles. The molecule has 0 saturated carbocycles. The summed E-state index contributed by atoms with van der Waals surface area (Å²) in [5.41, 5.74) is 2.28. The molecular weight excluding hydrogens is 288 g/mol. The Hall–Kier alpha value is -1.39. The molecule has 3 rings (SSSR count). The van der Waals surface area contributed by atoms with E-state index in [1.807, 2.05) is 17.0 Å². The van der Waals surface area contributed by atoms with E-state index in [0.717, 1.165) is 57.9 Å². The Morgan fingerprint density at radius 2 is 2.00 bits per heavy atom. The lowest BCUT2D eigenvalue weighted by atomic mass is 9.84. The van der Waals surface area contributed by atoms with Crippen molar-refractivity contribution in [3.05, 3.63) is 35.4 Å². The standard InChI is InChI=1S/C19H28N2O2/c1-19(2)7-4-8-21(15-19)18(22)17-6-3-5-16(13-17)14-20-9-11-23-12-10-20/h3,5-6,13H,4,7-12,14-15H2,1-2H3. The number of morpholine rings is 1. The summed E-state index contributed by atoms with van der Waals surface area (Å²) in [6, 6.07) is 8.15. The number of likely N-dealkylation sites (tertiary alicyclic amines) is 1. The molecule has 0 atom stereocenters. The van der Waals surface area contributed by atoms with Gasteiger partial charge < -0.3 is 9.64 Å². The van der Waals surface area contributed by atoms with Crippen LogP contribution in [0.4, 0.5) is 0 Å². The lowest BCUT2D eigenvalue weighted by Gasteiger charge is -2.38. The van der Waals surface area contributed by atoms with Gasteiger partial charge in [0.2, 0.25) is 0 Å². The number of hydrogen-bond acceptors (Lipinski definition) is 3. The van der Waals surface area contributed by atoms with E-state index < -0.39 is 0 Å². The maximum absolute atomic E-state index is 12.8. The van der Waals surface area contributed by atoms with Crippen molar-refractivity contribution < 1.29 is 9.53 Å². The van der Waals surface area contributed by atoms with E-state index in [0.29, 0.717) is 0 Å². The minimum Gasteiger partial charge on any atom is -0.379 e. The van der Waals surface area contributed by atoms with Crippen LogP contribution in [0.1, 0.15) is 42.6 Å². The summed E-state index contributed by atoms with van der Waals surface area (Å²) >= 11 is 0. The van der Waals surface area contributed by atoms with Crippen molar-refractivity contribution in [3.8, 4) is 0 Å². The molecule has 4 nitrogen and oxygen atoms in total. The minimum absolute atomic E-state index is 0.182. The van der Waals surface area contributed by atoms with Gasteiger partial charge in [-0.05, 0) is 36.0 Å². The van der Waals surface area contributed by atoms with Crippen molar-refractivity contribution >= 4 is 5.91 Å². The predicted octanol–water partition coefficient (Wildman–Crippen LogP) is 2.78. The van der Waals surface area contributed by atoms with Crippen LogP contribution in [0.15, 0.2) is 24.3 Å². The number of benzene rings is 1. The van der Waals surface area contributed by atoms with Gasteiger partial charge in [-0.15, -0.1) is 0 Å². The molecule has 1 amide bonds. The molecule has 126 valence electrons. The van der Waals surface area contributed by atoms with Gasteiger partial charge in [-0.3, -0.25) is 9.69 Å². The fourth-order valence-corrected chi connectivity index (χ4v) is 3.60. The average molecular weight is 316 g/mol. The molecule has 2 heterocycles. The summed E-state index contributed by atoms with van der Waals surface area (Å²) < 4.78 is 5.40. The second-order valence-corrected chi connectivity index (χ2v) is 7.58. The zero-order chi connectivity index (χ0) is 16.3. The summed E-state index contributed by atoms with van der Waals surface area (Å²) in [7, 11) is 0. The fraction of sp³-hybridized carbons (Fsp3) is 0.632. The molecule has 0 N–H and O–H groups in total. The Kier molecular flexibility index (Phi) is 5.02. The van der Waals surface area contributed by atoms with E-state index in [1.54, 1.807) is 0 Å². The molecule has 1 aromatic carbocycles. The molecule has 0 unspecified atom stereocenters. The quantitative estimate of drug-likeness (QED) is 0.859. The van der Waals surface area contributed by atoms with Crippen LogP contribution in [0.3, 0.4) is 0 Å². The maximum Gasteiger partial charge on any atom is 0.253 e. The Morgan fingerprint density at radius 3 is 2.74 bits per heavy atom. The number of hydrogen-bond donors (Lipinski definition) is 0. The van der Waals surface area contributed by atoms with Crippen LogP contribution < -0.4 is 0 Å². The van der Waals surface area contributed by atoms with E-state index in [1.165, 1.54) is 12.0 Å². The molecule has 2 aliphatic heterocycles.